The molecule has 0 spiro atoms. The zero-order valence-electron chi connectivity index (χ0n) is 9.85. The first-order chi connectivity index (χ1) is 8.22. The molecule has 0 heterocycles. The van der Waals surface area contributed by atoms with Gasteiger partial charge in [0.1, 0.15) is 5.75 Å². The van der Waals surface area contributed by atoms with E-state index in [1.54, 1.807) is 6.08 Å². The highest BCUT2D eigenvalue weighted by Crippen LogP contribution is 2.14. The highest BCUT2D eigenvalue weighted by Gasteiger charge is 1.95. The number of hydrogen-bond donors (Lipinski definition) is 0. The maximum atomic E-state index is 10.8. The van der Waals surface area contributed by atoms with Gasteiger partial charge in [-0.15, -0.1) is 0 Å². The summed E-state index contributed by atoms with van der Waals surface area (Å²) in [6, 6.07) is 9.57. The summed E-state index contributed by atoms with van der Waals surface area (Å²) < 4.78 is 5.49. The normalized spacial score (nSPS) is 10.1. The average molecular weight is 229 g/mol. The molecule has 0 aliphatic heterocycles. The average Bonchev–Trinajstić information content (AvgIpc) is 2.33. The van der Waals surface area contributed by atoms with Gasteiger partial charge < -0.3 is 4.74 Å². The molecular formula is C14H15NO2. The van der Waals surface area contributed by atoms with Crippen LogP contribution in [0.4, 0.5) is 0 Å². The maximum Gasteiger partial charge on any atom is 0.152 e. The van der Waals surface area contributed by atoms with Crippen molar-refractivity contribution in [2.75, 3.05) is 6.61 Å². The van der Waals surface area contributed by atoms with Crippen LogP contribution in [-0.4, -0.2) is 12.4 Å². The van der Waals surface area contributed by atoms with E-state index in [1.807, 2.05) is 24.3 Å². The molecule has 17 heavy (non-hydrogen) atoms. The van der Waals surface area contributed by atoms with Crippen molar-refractivity contribution in [1.29, 1.82) is 5.26 Å². The van der Waals surface area contributed by atoms with E-state index in [-0.39, 0.29) is 5.78 Å². The number of carbonyl (C=O) groups is 1. The van der Waals surface area contributed by atoms with E-state index >= 15 is 0 Å². The minimum absolute atomic E-state index is 0.0188. The van der Waals surface area contributed by atoms with Crippen molar-refractivity contribution < 1.29 is 9.53 Å². The molecule has 0 saturated heterocycles. The Labute approximate surface area is 101 Å². The number of benzene rings is 1. The molecule has 1 aromatic carbocycles. The summed E-state index contributed by atoms with van der Waals surface area (Å²) in [4.78, 5) is 10.8. The van der Waals surface area contributed by atoms with Crippen LogP contribution in [0.15, 0.2) is 30.3 Å². The first kappa shape index (κ1) is 13.0. The number of rotatable bonds is 6. The largest absolute Gasteiger partial charge is 0.494 e. The molecule has 1 rings (SSSR count). The lowest BCUT2D eigenvalue weighted by Gasteiger charge is -2.05. The zero-order valence-corrected chi connectivity index (χ0v) is 9.85. The molecule has 0 saturated carbocycles. The molecule has 3 heteroatoms. The van der Waals surface area contributed by atoms with Gasteiger partial charge in [-0.25, -0.2) is 0 Å². The van der Waals surface area contributed by atoms with Gasteiger partial charge in [-0.1, -0.05) is 18.2 Å². The van der Waals surface area contributed by atoms with Crippen molar-refractivity contribution in [3.8, 4) is 11.8 Å². The van der Waals surface area contributed by atoms with Gasteiger partial charge >= 0.3 is 0 Å². The van der Waals surface area contributed by atoms with Crippen molar-refractivity contribution in [3.05, 3.63) is 35.9 Å². The van der Waals surface area contributed by atoms with Crippen molar-refractivity contribution in [1.82, 2.24) is 0 Å². The van der Waals surface area contributed by atoms with E-state index in [0.717, 1.165) is 17.7 Å². The first-order valence-corrected chi connectivity index (χ1v) is 5.51. The van der Waals surface area contributed by atoms with Crippen LogP contribution >= 0.6 is 0 Å². The lowest BCUT2D eigenvalue weighted by Crippen LogP contribution is -1.96. The Hall–Kier alpha value is -2.08. The Bertz CT molecular complexity index is 444. The van der Waals surface area contributed by atoms with Gasteiger partial charge in [-0.05, 0) is 37.1 Å². The second kappa shape index (κ2) is 7.24. The van der Waals surface area contributed by atoms with Crippen LogP contribution in [0.1, 0.15) is 25.3 Å². The van der Waals surface area contributed by atoms with Crippen LogP contribution in [0.25, 0.3) is 6.08 Å². The minimum Gasteiger partial charge on any atom is -0.494 e. The first-order valence-electron chi connectivity index (χ1n) is 5.51. The van der Waals surface area contributed by atoms with Crippen LogP contribution in [0, 0.1) is 11.3 Å². The van der Waals surface area contributed by atoms with Gasteiger partial charge in [-0.3, -0.25) is 4.79 Å². The number of ketones is 1. The summed E-state index contributed by atoms with van der Waals surface area (Å²) in [6.07, 6.45) is 4.51. The number of carbonyl (C=O) groups excluding carboxylic acids is 1. The zero-order chi connectivity index (χ0) is 12.5. The quantitative estimate of drug-likeness (QED) is 0.556. The van der Waals surface area contributed by atoms with Crippen LogP contribution < -0.4 is 4.74 Å². The summed E-state index contributed by atoms with van der Waals surface area (Å²) >= 11 is 0. The Morgan fingerprint density at radius 3 is 3.06 bits per heavy atom. The highest BCUT2D eigenvalue weighted by atomic mass is 16.5. The summed E-state index contributed by atoms with van der Waals surface area (Å²) in [5, 5.41) is 8.38. The van der Waals surface area contributed by atoms with Crippen LogP contribution in [0.5, 0.6) is 5.75 Å². The van der Waals surface area contributed by atoms with E-state index in [9.17, 15) is 4.79 Å². The summed E-state index contributed by atoms with van der Waals surface area (Å²) in [5.74, 6) is 0.777. The van der Waals surface area contributed by atoms with E-state index in [0.29, 0.717) is 13.0 Å². The second-order valence-electron chi connectivity index (χ2n) is 3.63. The van der Waals surface area contributed by atoms with Gasteiger partial charge in [0.15, 0.2) is 5.78 Å². The summed E-state index contributed by atoms with van der Waals surface area (Å²) in [7, 11) is 0. The predicted octanol–water partition coefficient (Wildman–Crippen LogP) is 2.97. The van der Waals surface area contributed by atoms with E-state index in [1.165, 1.54) is 13.0 Å². The third-order valence-corrected chi connectivity index (χ3v) is 2.07. The Morgan fingerprint density at radius 2 is 2.35 bits per heavy atom. The molecule has 0 radical (unpaired) electrons. The number of hydrogen-bond acceptors (Lipinski definition) is 3. The van der Waals surface area contributed by atoms with E-state index < -0.39 is 0 Å². The number of allylic oxidation sites excluding steroid dienone is 1. The predicted molar refractivity (Wildman–Crippen MR) is 66.5 cm³/mol. The molecule has 0 aliphatic rings. The number of nitriles is 1. The van der Waals surface area contributed by atoms with Crippen molar-refractivity contribution in [2.24, 2.45) is 0 Å². The van der Waals surface area contributed by atoms with Crippen LogP contribution in [-0.2, 0) is 4.79 Å². The Morgan fingerprint density at radius 1 is 1.53 bits per heavy atom. The SMILES string of the molecule is CC(=O)C=Cc1cccc(OCCCC#N)c1. The van der Waals surface area contributed by atoms with Crippen molar-refractivity contribution in [3.63, 3.8) is 0 Å². The molecule has 0 unspecified atom stereocenters. The van der Waals surface area contributed by atoms with Crippen molar-refractivity contribution >= 4 is 11.9 Å². The number of ether oxygens (including phenoxy) is 1. The highest BCUT2D eigenvalue weighted by molar-refractivity contribution is 5.91. The fraction of sp³-hybridized carbons (Fsp3) is 0.286. The van der Waals surface area contributed by atoms with Gasteiger partial charge in [0.25, 0.3) is 0 Å². The van der Waals surface area contributed by atoms with E-state index in [2.05, 4.69) is 6.07 Å². The fourth-order valence-corrected chi connectivity index (χ4v) is 1.26. The number of unbranched alkanes of at least 4 members (excludes halogenated alkanes) is 1. The monoisotopic (exact) mass is 229 g/mol. The number of nitrogens with zero attached hydrogens (tertiary/aromatic N) is 1. The fourth-order valence-electron chi connectivity index (χ4n) is 1.26. The molecule has 0 N–H and O–H groups in total. The molecule has 0 aromatic heterocycles. The lowest BCUT2D eigenvalue weighted by molar-refractivity contribution is -0.112. The van der Waals surface area contributed by atoms with Gasteiger partial charge in [0.05, 0.1) is 12.7 Å². The molecular weight excluding hydrogens is 214 g/mol. The molecule has 0 bridgehead atoms. The summed E-state index contributed by atoms with van der Waals surface area (Å²) in [5.41, 5.74) is 0.929. The molecule has 88 valence electrons. The van der Waals surface area contributed by atoms with E-state index in [4.69, 9.17) is 10.00 Å². The van der Waals surface area contributed by atoms with Gasteiger partial charge in [0, 0.05) is 6.42 Å². The Kier molecular flexibility index (Phi) is 5.53. The Balaban J connectivity index is 2.54. The molecule has 0 atom stereocenters. The lowest BCUT2D eigenvalue weighted by atomic mass is 10.2. The van der Waals surface area contributed by atoms with Crippen LogP contribution in [0.3, 0.4) is 0 Å². The molecule has 1 aromatic rings. The molecule has 0 amide bonds. The maximum absolute atomic E-state index is 10.8. The topological polar surface area (TPSA) is 50.1 Å². The second-order valence-corrected chi connectivity index (χ2v) is 3.63. The standard InChI is InChI=1S/C14H15NO2/c1-12(16)7-8-13-5-4-6-14(11-13)17-10-3-2-9-15/h4-8,11H,2-3,10H2,1H3. The van der Waals surface area contributed by atoms with Gasteiger partial charge in [0.2, 0.25) is 0 Å². The molecule has 0 fully saturated rings. The van der Waals surface area contributed by atoms with Crippen molar-refractivity contribution in [2.45, 2.75) is 19.8 Å². The molecule has 3 nitrogen and oxygen atoms in total. The summed E-state index contributed by atoms with van der Waals surface area (Å²) in [6.45, 7) is 2.05. The third-order valence-electron chi connectivity index (χ3n) is 2.07. The molecule has 0 aliphatic carbocycles. The smallest absolute Gasteiger partial charge is 0.152 e. The van der Waals surface area contributed by atoms with Crippen LogP contribution in [0.2, 0.25) is 0 Å². The third kappa shape index (κ3) is 5.53. The van der Waals surface area contributed by atoms with Gasteiger partial charge in [-0.2, -0.15) is 5.26 Å². The minimum atomic E-state index is 0.0188.